The largest absolute Gasteiger partial charge is 0.497 e. The van der Waals surface area contributed by atoms with Gasteiger partial charge in [0.2, 0.25) is 5.91 Å². The first-order chi connectivity index (χ1) is 15.9. The number of aryl methyl sites for hydroxylation is 2. The van der Waals surface area contributed by atoms with Crippen molar-refractivity contribution in [2.75, 3.05) is 7.11 Å². The predicted molar refractivity (Wildman–Crippen MR) is 122 cm³/mol. The Morgan fingerprint density at radius 1 is 1.27 bits per heavy atom. The van der Waals surface area contributed by atoms with Gasteiger partial charge < -0.3 is 19.0 Å². The van der Waals surface area contributed by atoms with Crippen LogP contribution in [0.3, 0.4) is 0 Å². The summed E-state index contributed by atoms with van der Waals surface area (Å²) in [6, 6.07) is 10.8. The van der Waals surface area contributed by atoms with E-state index in [2.05, 4.69) is 10.3 Å². The number of carbonyl (C=O) groups is 1. The van der Waals surface area contributed by atoms with E-state index in [1.807, 2.05) is 13.0 Å². The number of carbonyl (C=O) groups excluding carboxylic acids is 1. The van der Waals surface area contributed by atoms with E-state index < -0.39 is 17.5 Å². The van der Waals surface area contributed by atoms with Crippen molar-refractivity contribution in [2.45, 2.75) is 25.8 Å². The molecule has 0 aliphatic rings. The first-order valence-electron chi connectivity index (χ1n) is 10.5. The van der Waals surface area contributed by atoms with E-state index in [0.29, 0.717) is 28.3 Å². The number of ether oxygens (including phenoxy) is 1. The van der Waals surface area contributed by atoms with Gasteiger partial charge in [0.15, 0.2) is 0 Å². The Kier molecular flexibility index (Phi) is 6.26. The van der Waals surface area contributed by atoms with Crippen LogP contribution in [0.25, 0.3) is 11.0 Å². The van der Waals surface area contributed by atoms with E-state index in [1.165, 1.54) is 6.07 Å². The average Bonchev–Trinajstić information content (AvgIpc) is 3.23. The molecule has 7 nitrogen and oxygen atoms in total. The third-order valence-electron chi connectivity index (χ3n) is 5.73. The highest BCUT2D eigenvalue weighted by Gasteiger charge is 2.24. The highest BCUT2D eigenvalue weighted by molar-refractivity contribution is 5.83. The summed E-state index contributed by atoms with van der Waals surface area (Å²) < 4.78 is 26.9. The number of fused-ring (bicyclic) bond motifs is 1. The molecule has 2 aromatic heterocycles. The summed E-state index contributed by atoms with van der Waals surface area (Å²) in [7, 11) is 3.32. The van der Waals surface area contributed by atoms with Crippen LogP contribution in [-0.2, 0) is 18.3 Å². The van der Waals surface area contributed by atoms with Crippen LogP contribution in [0, 0.1) is 12.7 Å². The molecule has 8 heteroatoms. The molecule has 0 spiro atoms. The fourth-order valence-corrected chi connectivity index (χ4v) is 3.91. The summed E-state index contributed by atoms with van der Waals surface area (Å²) in [5.41, 5.74) is 1.44. The highest BCUT2D eigenvalue weighted by Crippen LogP contribution is 2.25. The standard InChI is InChI=1S/C25H24FN3O4/c1-15-17-9-8-16(32-3)14-21(17)33-25(31)18(15)10-11-22(30)28-23(24-27-12-13-29(24)2)19-6-4-5-7-20(19)26/h4-9,12-14,23H,10-11H2,1-3H3,(H,28,30). The summed E-state index contributed by atoms with van der Waals surface area (Å²) >= 11 is 0. The van der Waals surface area contributed by atoms with Crippen molar-refractivity contribution >= 4 is 16.9 Å². The molecule has 33 heavy (non-hydrogen) atoms. The van der Waals surface area contributed by atoms with Gasteiger partial charge in [-0.3, -0.25) is 4.79 Å². The third kappa shape index (κ3) is 4.50. The van der Waals surface area contributed by atoms with Crippen LogP contribution in [0.1, 0.15) is 35.0 Å². The van der Waals surface area contributed by atoms with E-state index in [4.69, 9.17) is 9.15 Å². The quantitative estimate of drug-likeness (QED) is 0.434. The predicted octanol–water partition coefficient (Wildman–Crippen LogP) is 3.82. The van der Waals surface area contributed by atoms with Crippen molar-refractivity contribution in [3.63, 3.8) is 0 Å². The number of benzene rings is 2. The zero-order valence-corrected chi connectivity index (χ0v) is 18.6. The lowest BCUT2D eigenvalue weighted by Gasteiger charge is -2.20. The Morgan fingerprint density at radius 3 is 2.76 bits per heavy atom. The van der Waals surface area contributed by atoms with Gasteiger partial charge in [-0.1, -0.05) is 18.2 Å². The second kappa shape index (κ2) is 9.28. The fourth-order valence-electron chi connectivity index (χ4n) is 3.91. The Balaban J connectivity index is 1.57. The SMILES string of the molecule is COc1ccc2c(C)c(CCC(=O)NC(c3ccccc3F)c3nccn3C)c(=O)oc2c1. The lowest BCUT2D eigenvalue weighted by Crippen LogP contribution is -2.32. The molecule has 1 unspecified atom stereocenters. The molecule has 1 amide bonds. The molecule has 0 saturated carbocycles. The molecule has 4 aromatic rings. The zero-order valence-electron chi connectivity index (χ0n) is 18.6. The Bertz CT molecular complexity index is 1380. The van der Waals surface area contributed by atoms with Crippen molar-refractivity contribution in [1.29, 1.82) is 0 Å². The van der Waals surface area contributed by atoms with Gasteiger partial charge in [0, 0.05) is 48.4 Å². The molecule has 170 valence electrons. The summed E-state index contributed by atoms with van der Waals surface area (Å²) in [5.74, 6) is 0.321. The number of hydrogen-bond acceptors (Lipinski definition) is 5. The molecular weight excluding hydrogens is 425 g/mol. The first kappa shape index (κ1) is 22.3. The van der Waals surface area contributed by atoms with Crippen LogP contribution < -0.4 is 15.7 Å². The minimum atomic E-state index is -0.764. The Labute approximate surface area is 189 Å². The maximum absolute atomic E-state index is 14.5. The Hall–Kier alpha value is -3.94. The van der Waals surface area contributed by atoms with Crippen molar-refractivity contribution in [3.8, 4) is 5.75 Å². The van der Waals surface area contributed by atoms with Crippen molar-refractivity contribution in [1.82, 2.24) is 14.9 Å². The van der Waals surface area contributed by atoms with E-state index in [-0.39, 0.29) is 18.7 Å². The normalized spacial score (nSPS) is 12.0. The summed E-state index contributed by atoms with van der Waals surface area (Å²) in [5, 5.41) is 3.65. The zero-order chi connectivity index (χ0) is 23.5. The summed E-state index contributed by atoms with van der Waals surface area (Å²) in [6.45, 7) is 1.83. The molecule has 1 N–H and O–H groups in total. The van der Waals surface area contributed by atoms with Crippen molar-refractivity contribution < 1.29 is 18.3 Å². The van der Waals surface area contributed by atoms with Gasteiger partial charge in [-0.15, -0.1) is 0 Å². The molecule has 2 heterocycles. The summed E-state index contributed by atoms with van der Waals surface area (Å²) in [4.78, 5) is 29.7. The molecular formula is C25H24FN3O4. The lowest BCUT2D eigenvalue weighted by atomic mass is 10.0. The maximum atomic E-state index is 14.5. The second-order valence-electron chi connectivity index (χ2n) is 7.77. The highest BCUT2D eigenvalue weighted by atomic mass is 19.1. The topological polar surface area (TPSA) is 86.4 Å². The van der Waals surface area contributed by atoms with Crippen LogP contribution in [0.15, 0.2) is 64.1 Å². The van der Waals surface area contributed by atoms with Gasteiger partial charge in [-0.05, 0) is 37.1 Å². The summed E-state index contributed by atoms with van der Waals surface area (Å²) in [6.07, 6.45) is 3.54. The number of imidazole rings is 1. The Morgan fingerprint density at radius 2 is 2.06 bits per heavy atom. The van der Waals surface area contributed by atoms with Crippen LogP contribution in [0.2, 0.25) is 0 Å². The molecule has 4 rings (SSSR count). The number of halogens is 1. The molecule has 1 atom stereocenters. The molecule has 0 fully saturated rings. The molecule has 0 saturated heterocycles. The van der Waals surface area contributed by atoms with Crippen molar-refractivity contribution in [2.24, 2.45) is 7.05 Å². The maximum Gasteiger partial charge on any atom is 0.339 e. The minimum Gasteiger partial charge on any atom is -0.497 e. The number of aromatic nitrogens is 2. The first-order valence-corrected chi connectivity index (χ1v) is 10.5. The fraction of sp³-hybridized carbons (Fsp3) is 0.240. The van der Waals surface area contributed by atoms with Gasteiger partial charge in [0.25, 0.3) is 0 Å². The molecule has 0 radical (unpaired) electrons. The van der Waals surface area contributed by atoms with Crippen LogP contribution >= 0.6 is 0 Å². The van der Waals surface area contributed by atoms with Gasteiger partial charge in [0.05, 0.1) is 7.11 Å². The molecule has 2 aromatic carbocycles. The number of rotatable bonds is 7. The van der Waals surface area contributed by atoms with Crippen LogP contribution in [0.4, 0.5) is 4.39 Å². The van der Waals surface area contributed by atoms with E-state index in [1.54, 1.807) is 61.5 Å². The third-order valence-corrected chi connectivity index (χ3v) is 5.73. The molecule has 0 aliphatic carbocycles. The van der Waals surface area contributed by atoms with Gasteiger partial charge >= 0.3 is 5.63 Å². The smallest absolute Gasteiger partial charge is 0.339 e. The average molecular weight is 449 g/mol. The number of hydrogen-bond donors (Lipinski definition) is 1. The number of nitrogens with one attached hydrogen (secondary N) is 1. The van der Waals surface area contributed by atoms with Gasteiger partial charge in [-0.2, -0.15) is 0 Å². The van der Waals surface area contributed by atoms with Crippen LogP contribution in [0.5, 0.6) is 5.75 Å². The molecule has 0 aliphatic heterocycles. The second-order valence-corrected chi connectivity index (χ2v) is 7.77. The lowest BCUT2D eigenvalue weighted by molar-refractivity contribution is -0.121. The van der Waals surface area contributed by atoms with E-state index in [0.717, 1.165) is 10.9 Å². The number of methoxy groups -OCH3 is 1. The minimum absolute atomic E-state index is 0.0304. The number of amides is 1. The van der Waals surface area contributed by atoms with Crippen molar-refractivity contribution in [3.05, 3.63) is 93.6 Å². The number of nitrogens with zero attached hydrogens (tertiary/aromatic N) is 2. The molecule has 0 bridgehead atoms. The van der Waals surface area contributed by atoms with Crippen LogP contribution in [-0.4, -0.2) is 22.6 Å². The van der Waals surface area contributed by atoms with Gasteiger partial charge in [0.1, 0.15) is 29.0 Å². The van der Waals surface area contributed by atoms with Gasteiger partial charge in [-0.25, -0.2) is 14.2 Å². The van der Waals surface area contributed by atoms with E-state index in [9.17, 15) is 14.0 Å². The monoisotopic (exact) mass is 449 g/mol. The van der Waals surface area contributed by atoms with E-state index >= 15 is 0 Å².